The Morgan fingerprint density at radius 1 is 1.15 bits per heavy atom. The van der Waals surface area contributed by atoms with E-state index >= 15 is 0 Å². The average molecular weight is 362 g/mol. The lowest BCUT2D eigenvalue weighted by atomic mass is 10.1. The molecule has 3 heterocycles. The van der Waals surface area contributed by atoms with Crippen molar-refractivity contribution < 1.29 is 9.15 Å². The topological polar surface area (TPSA) is 114 Å². The Morgan fingerprint density at radius 2 is 1.92 bits per heavy atom. The third-order valence-electron chi connectivity index (χ3n) is 3.61. The Kier molecular flexibility index (Phi) is 5.21. The highest BCUT2D eigenvalue weighted by atomic mass is 16.5. The zero-order valence-corrected chi connectivity index (χ0v) is 15.9. The van der Waals surface area contributed by atoms with Crippen molar-refractivity contribution in [3.63, 3.8) is 0 Å². The van der Waals surface area contributed by atoms with Crippen molar-refractivity contribution in [2.75, 3.05) is 41.8 Å². The summed E-state index contributed by atoms with van der Waals surface area (Å²) >= 11 is 0. The van der Waals surface area contributed by atoms with Crippen molar-refractivity contribution in [2.45, 2.75) is 46.3 Å². The molecule has 0 spiro atoms. The van der Waals surface area contributed by atoms with E-state index in [2.05, 4.69) is 56.6 Å². The molecular formula is C16H26N8O2. The van der Waals surface area contributed by atoms with Gasteiger partial charge in [-0.15, -0.1) is 10.2 Å². The van der Waals surface area contributed by atoms with Crippen LogP contribution in [0.3, 0.4) is 0 Å². The number of morpholine rings is 1. The van der Waals surface area contributed by atoms with Crippen LogP contribution in [0.25, 0.3) is 0 Å². The normalized spacial score (nSPS) is 18.0. The molecule has 2 aromatic heterocycles. The van der Waals surface area contributed by atoms with Crippen molar-refractivity contribution in [3.8, 4) is 0 Å². The number of hydrogen-bond donors (Lipinski definition) is 2. The molecule has 10 nitrogen and oxygen atoms in total. The Balaban J connectivity index is 1.84. The van der Waals surface area contributed by atoms with Crippen LogP contribution in [0.4, 0.5) is 17.8 Å². The van der Waals surface area contributed by atoms with E-state index < -0.39 is 0 Å². The van der Waals surface area contributed by atoms with Gasteiger partial charge in [-0.05, 0) is 27.7 Å². The van der Waals surface area contributed by atoms with Gasteiger partial charge in [-0.3, -0.25) is 0 Å². The summed E-state index contributed by atoms with van der Waals surface area (Å²) in [6.07, 6.45) is -0.302. The SMILES string of the molecule is CCNc1nc(NC(C)(C)C)nc(N2CCOC(c3nnc(C)o3)C2)n1. The molecule has 2 aromatic rings. The number of hydrogen-bond acceptors (Lipinski definition) is 10. The van der Waals surface area contributed by atoms with Crippen LogP contribution < -0.4 is 15.5 Å². The molecular weight excluding hydrogens is 336 g/mol. The second-order valence-electron chi connectivity index (χ2n) is 7.15. The number of nitrogens with zero attached hydrogens (tertiary/aromatic N) is 6. The molecule has 0 radical (unpaired) electrons. The summed E-state index contributed by atoms with van der Waals surface area (Å²) in [7, 11) is 0. The molecule has 1 fully saturated rings. The third-order valence-corrected chi connectivity index (χ3v) is 3.61. The maximum Gasteiger partial charge on any atom is 0.246 e. The molecule has 10 heteroatoms. The lowest BCUT2D eigenvalue weighted by molar-refractivity contribution is 0.0212. The summed E-state index contributed by atoms with van der Waals surface area (Å²) in [5, 5.41) is 14.4. The summed E-state index contributed by atoms with van der Waals surface area (Å²) in [4.78, 5) is 15.6. The van der Waals surface area contributed by atoms with Gasteiger partial charge in [-0.25, -0.2) is 0 Å². The van der Waals surface area contributed by atoms with Crippen molar-refractivity contribution in [1.82, 2.24) is 25.1 Å². The maximum atomic E-state index is 5.78. The maximum absolute atomic E-state index is 5.78. The highest BCUT2D eigenvalue weighted by molar-refractivity contribution is 5.45. The number of aryl methyl sites for hydroxylation is 1. The minimum Gasteiger partial charge on any atom is -0.423 e. The van der Waals surface area contributed by atoms with Gasteiger partial charge >= 0.3 is 0 Å². The van der Waals surface area contributed by atoms with Crippen LogP contribution in [0.2, 0.25) is 0 Å². The van der Waals surface area contributed by atoms with Gasteiger partial charge in [0, 0.05) is 25.6 Å². The fourth-order valence-corrected chi connectivity index (χ4v) is 2.56. The van der Waals surface area contributed by atoms with Gasteiger partial charge in [0.25, 0.3) is 0 Å². The summed E-state index contributed by atoms with van der Waals surface area (Å²) in [5.41, 5.74) is -0.156. The number of aromatic nitrogens is 5. The number of nitrogens with one attached hydrogen (secondary N) is 2. The summed E-state index contributed by atoms with van der Waals surface area (Å²) in [5.74, 6) is 2.66. The van der Waals surface area contributed by atoms with E-state index in [-0.39, 0.29) is 11.6 Å². The first kappa shape index (κ1) is 18.3. The van der Waals surface area contributed by atoms with E-state index in [0.717, 1.165) is 6.54 Å². The van der Waals surface area contributed by atoms with E-state index in [1.165, 1.54) is 0 Å². The lowest BCUT2D eigenvalue weighted by Crippen LogP contribution is -2.40. The van der Waals surface area contributed by atoms with Crippen molar-refractivity contribution >= 4 is 17.8 Å². The molecule has 0 saturated carbocycles. The van der Waals surface area contributed by atoms with Gasteiger partial charge in [0.15, 0.2) is 6.10 Å². The highest BCUT2D eigenvalue weighted by Gasteiger charge is 2.28. The smallest absolute Gasteiger partial charge is 0.246 e. The molecule has 142 valence electrons. The Hall–Kier alpha value is -2.49. The molecule has 3 rings (SSSR count). The molecule has 1 saturated heterocycles. The fraction of sp³-hybridized carbons (Fsp3) is 0.688. The number of rotatable bonds is 5. The zero-order valence-electron chi connectivity index (χ0n) is 15.9. The van der Waals surface area contributed by atoms with Crippen LogP contribution >= 0.6 is 0 Å². The number of anilines is 3. The molecule has 26 heavy (non-hydrogen) atoms. The predicted molar refractivity (Wildman–Crippen MR) is 97.3 cm³/mol. The molecule has 1 atom stereocenters. The lowest BCUT2D eigenvalue weighted by Gasteiger charge is -2.31. The summed E-state index contributed by atoms with van der Waals surface area (Å²) < 4.78 is 11.3. The van der Waals surface area contributed by atoms with E-state index in [0.29, 0.717) is 49.3 Å². The Morgan fingerprint density at radius 3 is 2.58 bits per heavy atom. The van der Waals surface area contributed by atoms with Crippen LogP contribution in [0.1, 0.15) is 45.6 Å². The second-order valence-corrected chi connectivity index (χ2v) is 7.15. The van der Waals surface area contributed by atoms with E-state index in [4.69, 9.17) is 9.15 Å². The van der Waals surface area contributed by atoms with E-state index in [1.807, 2.05) is 11.8 Å². The van der Waals surface area contributed by atoms with Crippen LogP contribution in [-0.2, 0) is 4.74 Å². The molecule has 2 N–H and O–H groups in total. The van der Waals surface area contributed by atoms with Crippen molar-refractivity contribution in [3.05, 3.63) is 11.8 Å². The average Bonchev–Trinajstić information content (AvgIpc) is 3.00. The molecule has 1 aliphatic heterocycles. The number of ether oxygens (including phenoxy) is 1. The third kappa shape index (κ3) is 4.57. The first-order valence-corrected chi connectivity index (χ1v) is 8.79. The van der Waals surface area contributed by atoms with Crippen LogP contribution in [0, 0.1) is 6.92 Å². The minimum absolute atomic E-state index is 0.156. The first-order chi connectivity index (χ1) is 12.3. The fourth-order valence-electron chi connectivity index (χ4n) is 2.56. The molecule has 0 bridgehead atoms. The first-order valence-electron chi connectivity index (χ1n) is 8.79. The van der Waals surface area contributed by atoms with Crippen LogP contribution in [0.5, 0.6) is 0 Å². The van der Waals surface area contributed by atoms with Crippen molar-refractivity contribution in [1.29, 1.82) is 0 Å². The summed E-state index contributed by atoms with van der Waals surface area (Å²) in [6.45, 7) is 12.4. The molecule has 1 unspecified atom stereocenters. The van der Waals surface area contributed by atoms with Crippen LogP contribution in [0.15, 0.2) is 4.42 Å². The molecule has 0 aromatic carbocycles. The minimum atomic E-state index is -0.302. The molecule has 1 aliphatic rings. The monoisotopic (exact) mass is 362 g/mol. The largest absolute Gasteiger partial charge is 0.423 e. The van der Waals surface area contributed by atoms with Gasteiger partial charge < -0.3 is 24.7 Å². The predicted octanol–water partition coefficient (Wildman–Crippen LogP) is 1.78. The van der Waals surface area contributed by atoms with Crippen molar-refractivity contribution in [2.24, 2.45) is 0 Å². The van der Waals surface area contributed by atoms with Gasteiger partial charge in [-0.2, -0.15) is 15.0 Å². The van der Waals surface area contributed by atoms with Gasteiger partial charge in [0.05, 0.1) is 13.2 Å². The van der Waals surface area contributed by atoms with Gasteiger partial charge in [0.2, 0.25) is 29.6 Å². The summed E-state index contributed by atoms with van der Waals surface area (Å²) in [6, 6.07) is 0. The van der Waals surface area contributed by atoms with E-state index in [9.17, 15) is 0 Å². The second kappa shape index (κ2) is 7.40. The zero-order chi connectivity index (χ0) is 18.7. The van der Waals surface area contributed by atoms with Gasteiger partial charge in [0.1, 0.15) is 0 Å². The van der Waals surface area contributed by atoms with E-state index in [1.54, 1.807) is 6.92 Å². The standard InChI is InChI=1S/C16H26N8O2/c1-6-17-13-18-14(21-16(3,4)5)20-15(19-13)24-7-8-25-11(9-24)12-23-22-10(2)26-12/h11H,6-9H2,1-5H3,(H2,17,18,19,20,21). The Bertz CT molecular complexity index is 742. The Labute approximate surface area is 152 Å². The van der Waals surface area contributed by atoms with Crippen LogP contribution in [-0.4, -0.2) is 56.9 Å². The molecule has 0 aliphatic carbocycles. The quantitative estimate of drug-likeness (QED) is 0.815. The van der Waals surface area contributed by atoms with Gasteiger partial charge in [-0.1, -0.05) is 0 Å². The highest BCUT2D eigenvalue weighted by Crippen LogP contribution is 2.25. The molecule has 0 amide bonds.